The van der Waals surface area contributed by atoms with Gasteiger partial charge < -0.3 is 14.6 Å². The first-order valence-corrected chi connectivity index (χ1v) is 7.60. The number of benzene rings is 1. The summed E-state index contributed by atoms with van der Waals surface area (Å²) in [6.07, 6.45) is 6.94. The van der Waals surface area contributed by atoms with E-state index in [1.165, 1.54) is 5.56 Å². The Morgan fingerprint density at radius 2 is 2.05 bits per heavy atom. The third-order valence-electron chi connectivity index (χ3n) is 3.71. The van der Waals surface area contributed by atoms with E-state index < -0.39 is 0 Å². The summed E-state index contributed by atoms with van der Waals surface area (Å²) < 4.78 is 7.76. The van der Waals surface area contributed by atoms with Gasteiger partial charge in [0, 0.05) is 31.9 Å². The van der Waals surface area contributed by atoms with Crippen LogP contribution in [0.3, 0.4) is 0 Å². The number of hydrogen-bond acceptors (Lipinski definition) is 3. The van der Waals surface area contributed by atoms with Crippen LogP contribution in [0.15, 0.2) is 36.7 Å². The second kappa shape index (κ2) is 7.84. The van der Waals surface area contributed by atoms with Crippen LogP contribution in [0, 0.1) is 0 Å². The highest BCUT2D eigenvalue weighted by atomic mass is 16.5. The summed E-state index contributed by atoms with van der Waals surface area (Å²) in [4.78, 5) is 4.39. The van der Waals surface area contributed by atoms with Crippen LogP contribution in [0.1, 0.15) is 37.2 Å². The van der Waals surface area contributed by atoms with Crippen molar-refractivity contribution in [2.45, 2.75) is 32.2 Å². The summed E-state index contributed by atoms with van der Waals surface area (Å²) in [7, 11) is 4.01. The van der Waals surface area contributed by atoms with Gasteiger partial charge in [-0.05, 0) is 31.2 Å². The highest BCUT2D eigenvalue weighted by Gasteiger charge is 2.12. The number of nitrogens with one attached hydrogen (secondary N) is 1. The van der Waals surface area contributed by atoms with E-state index in [4.69, 9.17) is 4.74 Å². The van der Waals surface area contributed by atoms with E-state index in [1.807, 2.05) is 38.6 Å². The fourth-order valence-corrected chi connectivity index (χ4v) is 2.29. The summed E-state index contributed by atoms with van der Waals surface area (Å²) >= 11 is 0. The summed E-state index contributed by atoms with van der Waals surface area (Å²) in [6, 6.07) is 8.62. The molecular formula is C17H25N3O. The third-order valence-corrected chi connectivity index (χ3v) is 3.71. The number of likely N-dealkylation sites (N-methyl/N-ethyl adjacent to an activating group) is 1. The molecule has 1 heterocycles. The average Bonchev–Trinajstić information content (AvgIpc) is 2.91. The third kappa shape index (κ3) is 4.33. The molecule has 21 heavy (non-hydrogen) atoms. The summed E-state index contributed by atoms with van der Waals surface area (Å²) in [6.45, 7) is 2.96. The van der Waals surface area contributed by atoms with Gasteiger partial charge in [-0.25, -0.2) is 4.98 Å². The SMILES string of the molecule is CCCCOc1ccc(C(Cc2nccn2C)NC)cc1. The number of nitrogens with zero attached hydrogens (tertiary/aromatic N) is 2. The van der Waals surface area contributed by atoms with E-state index in [1.54, 1.807) is 0 Å². The summed E-state index contributed by atoms with van der Waals surface area (Å²) in [5.41, 5.74) is 1.25. The molecule has 0 saturated carbocycles. The second-order valence-electron chi connectivity index (χ2n) is 5.27. The average molecular weight is 287 g/mol. The largest absolute Gasteiger partial charge is 0.494 e. The Labute approximate surface area is 127 Å². The summed E-state index contributed by atoms with van der Waals surface area (Å²) in [5.74, 6) is 2.02. The predicted octanol–water partition coefficient (Wildman–Crippen LogP) is 3.10. The Morgan fingerprint density at radius 3 is 2.62 bits per heavy atom. The lowest BCUT2D eigenvalue weighted by molar-refractivity contribution is 0.309. The van der Waals surface area contributed by atoms with Crippen LogP contribution in [-0.2, 0) is 13.5 Å². The number of aromatic nitrogens is 2. The minimum Gasteiger partial charge on any atom is -0.494 e. The lowest BCUT2D eigenvalue weighted by Crippen LogP contribution is -2.20. The van der Waals surface area contributed by atoms with Gasteiger partial charge in [0.1, 0.15) is 11.6 Å². The molecule has 0 radical (unpaired) electrons. The lowest BCUT2D eigenvalue weighted by atomic mass is 10.0. The van der Waals surface area contributed by atoms with Crippen molar-refractivity contribution in [1.29, 1.82) is 0 Å². The van der Waals surface area contributed by atoms with E-state index >= 15 is 0 Å². The molecule has 114 valence electrons. The molecule has 0 amide bonds. The number of imidazole rings is 1. The van der Waals surface area contributed by atoms with E-state index in [0.717, 1.165) is 37.4 Å². The maximum atomic E-state index is 5.70. The minimum atomic E-state index is 0.260. The van der Waals surface area contributed by atoms with Gasteiger partial charge in [-0.1, -0.05) is 25.5 Å². The molecule has 4 nitrogen and oxygen atoms in total. The van der Waals surface area contributed by atoms with Gasteiger partial charge >= 0.3 is 0 Å². The van der Waals surface area contributed by atoms with Crippen LogP contribution in [0.2, 0.25) is 0 Å². The zero-order valence-corrected chi connectivity index (χ0v) is 13.2. The van der Waals surface area contributed by atoms with Crippen LogP contribution in [-0.4, -0.2) is 23.2 Å². The molecule has 0 aliphatic rings. The molecule has 2 rings (SSSR count). The molecule has 0 fully saturated rings. The molecular weight excluding hydrogens is 262 g/mol. The van der Waals surface area contributed by atoms with E-state index in [9.17, 15) is 0 Å². The van der Waals surface area contributed by atoms with Crippen LogP contribution < -0.4 is 10.1 Å². The van der Waals surface area contributed by atoms with Gasteiger partial charge in [-0.2, -0.15) is 0 Å². The van der Waals surface area contributed by atoms with E-state index in [-0.39, 0.29) is 6.04 Å². The lowest BCUT2D eigenvalue weighted by Gasteiger charge is -2.17. The molecule has 1 N–H and O–H groups in total. The Kier molecular flexibility index (Phi) is 5.81. The molecule has 4 heteroatoms. The molecule has 1 aromatic carbocycles. The first kappa shape index (κ1) is 15.6. The highest BCUT2D eigenvalue weighted by molar-refractivity contribution is 5.29. The molecule has 1 atom stereocenters. The fraction of sp³-hybridized carbons (Fsp3) is 0.471. The quantitative estimate of drug-likeness (QED) is 0.758. The van der Waals surface area contributed by atoms with Gasteiger partial charge in [0.05, 0.1) is 6.61 Å². The van der Waals surface area contributed by atoms with Gasteiger partial charge in [0.15, 0.2) is 0 Å². The number of rotatable bonds is 8. The molecule has 0 spiro atoms. The zero-order chi connectivity index (χ0) is 15.1. The van der Waals surface area contributed by atoms with Gasteiger partial charge in [-0.15, -0.1) is 0 Å². The fourth-order valence-electron chi connectivity index (χ4n) is 2.29. The van der Waals surface area contributed by atoms with Crippen molar-refractivity contribution in [3.8, 4) is 5.75 Å². The Balaban J connectivity index is 2.00. The Morgan fingerprint density at radius 1 is 1.29 bits per heavy atom. The van der Waals surface area contributed by atoms with Gasteiger partial charge in [0.2, 0.25) is 0 Å². The predicted molar refractivity (Wildman–Crippen MR) is 85.6 cm³/mol. The molecule has 2 aromatic rings. The monoisotopic (exact) mass is 287 g/mol. The maximum Gasteiger partial charge on any atom is 0.119 e. The van der Waals surface area contributed by atoms with Crippen LogP contribution >= 0.6 is 0 Å². The second-order valence-corrected chi connectivity index (χ2v) is 5.27. The molecule has 0 aliphatic carbocycles. The first-order valence-electron chi connectivity index (χ1n) is 7.60. The smallest absolute Gasteiger partial charge is 0.119 e. The number of ether oxygens (including phenoxy) is 1. The van der Waals surface area contributed by atoms with Crippen LogP contribution in [0.25, 0.3) is 0 Å². The molecule has 0 bridgehead atoms. The maximum absolute atomic E-state index is 5.70. The van der Waals surface area contributed by atoms with Crippen molar-refractivity contribution in [3.63, 3.8) is 0 Å². The van der Waals surface area contributed by atoms with Gasteiger partial charge in [-0.3, -0.25) is 0 Å². The van der Waals surface area contributed by atoms with Gasteiger partial charge in [0.25, 0.3) is 0 Å². The Hall–Kier alpha value is -1.81. The van der Waals surface area contributed by atoms with E-state index in [0.29, 0.717) is 0 Å². The van der Waals surface area contributed by atoms with Crippen molar-refractivity contribution in [2.24, 2.45) is 7.05 Å². The van der Waals surface area contributed by atoms with Crippen molar-refractivity contribution >= 4 is 0 Å². The van der Waals surface area contributed by atoms with Crippen molar-refractivity contribution in [3.05, 3.63) is 48.0 Å². The van der Waals surface area contributed by atoms with Crippen LogP contribution in [0.5, 0.6) is 5.75 Å². The normalized spacial score (nSPS) is 12.3. The number of unbranched alkanes of at least 4 members (excludes halogenated alkanes) is 1. The van der Waals surface area contributed by atoms with Crippen LogP contribution in [0.4, 0.5) is 0 Å². The molecule has 1 unspecified atom stereocenters. The molecule has 1 aromatic heterocycles. The number of hydrogen-bond donors (Lipinski definition) is 1. The zero-order valence-electron chi connectivity index (χ0n) is 13.2. The minimum absolute atomic E-state index is 0.260. The standard InChI is InChI=1S/C17H25N3O/c1-4-5-12-21-15-8-6-14(7-9-15)16(18-2)13-17-19-10-11-20(17)3/h6-11,16,18H,4-5,12-13H2,1-3H3. The van der Waals surface area contributed by atoms with Crippen molar-refractivity contribution in [1.82, 2.24) is 14.9 Å². The van der Waals surface area contributed by atoms with Crippen molar-refractivity contribution < 1.29 is 4.74 Å². The first-order chi connectivity index (χ1) is 10.2. The highest BCUT2D eigenvalue weighted by Crippen LogP contribution is 2.20. The molecule has 0 saturated heterocycles. The molecule has 0 aliphatic heterocycles. The topological polar surface area (TPSA) is 39.1 Å². The number of aryl methyl sites for hydroxylation is 1. The van der Waals surface area contributed by atoms with Crippen molar-refractivity contribution in [2.75, 3.05) is 13.7 Å². The Bertz CT molecular complexity index is 533. The van der Waals surface area contributed by atoms with E-state index in [2.05, 4.69) is 33.9 Å². The summed E-state index contributed by atoms with van der Waals surface area (Å²) in [5, 5.41) is 3.36.